The van der Waals surface area contributed by atoms with Crippen molar-refractivity contribution >= 4 is 64.4 Å². The molecule has 3 N–H and O–H groups in total. The van der Waals surface area contributed by atoms with Gasteiger partial charge in [-0.3, -0.25) is 4.79 Å². The van der Waals surface area contributed by atoms with Crippen molar-refractivity contribution < 1.29 is 9.53 Å². The predicted molar refractivity (Wildman–Crippen MR) is 152 cm³/mol. The Hall–Kier alpha value is -1.65. The van der Waals surface area contributed by atoms with Gasteiger partial charge in [0.1, 0.15) is 0 Å². The van der Waals surface area contributed by atoms with Crippen molar-refractivity contribution in [1.82, 2.24) is 0 Å². The second-order valence-corrected chi connectivity index (χ2v) is 10.3. The molecule has 8 heteroatoms. The van der Waals surface area contributed by atoms with Gasteiger partial charge in [0.15, 0.2) is 0 Å². The molecule has 1 atom stereocenters. The fraction of sp³-hybridized carbons (Fsp3) is 0.500. The standard InChI is InChI=1S/C26H34N4O2S.HI/c1-3-17-12-20(29-8-10-32-11-9-29)14-22-24(17)28-25-18(4-2)13-21(15-23(25)33-22)30-7-5-6-19(16-30)26(27)31;/h12-15,19,28H,3-11,16H2,1-2H3,(H2,27,31);1H. The summed E-state index contributed by atoms with van der Waals surface area (Å²) in [6, 6.07) is 9.28. The van der Waals surface area contributed by atoms with Gasteiger partial charge in [-0.2, -0.15) is 0 Å². The minimum atomic E-state index is -0.180. The van der Waals surface area contributed by atoms with E-state index in [2.05, 4.69) is 53.2 Å². The smallest absolute Gasteiger partial charge is 0.222 e. The molecule has 3 heterocycles. The summed E-state index contributed by atoms with van der Waals surface area (Å²) in [4.78, 5) is 19.1. The topological polar surface area (TPSA) is 70.8 Å². The van der Waals surface area contributed by atoms with Crippen LogP contribution in [0.4, 0.5) is 22.7 Å². The number of nitrogens with one attached hydrogen (secondary N) is 1. The molecule has 0 radical (unpaired) electrons. The Labute approximate surface area is 224 Å². The van der Waals surface area contributed by atoms with Crippen LogP contribution < -0.4 is 20.9 Å². The Bertz CT molecular complexity index is 1060. The number of rotatable bonds is 5. The van der Waals surface area contributed by atoms with E-state index in [1.54, 1.807) is 0 Å². The fourth-order valence-electron chi connectivity index (χ4n) is 5.19. The number of primary amides is 1. The first-order valence-electron chi connectivity index (χ1n) is 12.2. The number of benzene rings is 2. The third-order valence-electron chi connectivity index (χ3n) is 7.13. The molecule has 0 saturated carbocycles. The number of nitrogens with zero attached hydrogens (tertiary/aromatic N) is 2. The van der Waals surface area contributed by atoms with Crippen LogP contribution in [0.3, 0.4) is 0 Å². The lowest BCUT2D eigenvalue weighted by Crippen LogP contribution is -2.41. The van der Waals surface area contributed by atoms with Gasteiger partial charge < -0.3 is 25.6 Å². The van der Waals surface area contributed by atoms with Gasteiger partial charge in [0, 0.05) is 47.3 Å². The van der Waals surface area contributed by atoms with E-state index in [0.717, 1.165) is 58.5 Å². The first-order valence-corrected chi connectivity index (χ1v) is 13.0. The van der Waals surface area contributed by atoms with E-state index < -0.39 is 0 Å². The Kier molecular flexibility index (Phi) is 8.20. The minimum absolute atomic E-state index is 0. The lowest BCUT2D eigenvalue weighted by Gasteiger charge is -2.35. The van der Waals surface area contributed by atoms with E-state index in [-0.39, 0.29) is 35.8 Å². The van der Waals surface area contributed by atoms with Crippen LogP contribution in [0.2, 0.25) is 0 Å². The first kappa shape index (κ1) is 25.4. The number of hydrogen-bond acceptors (Lipinski definition) is 6. The summed E-state index contributed by atoms with van der Waals surface area (Å²) in [6.45, 7) is 9.60. The molecule has 3 aliphatic rings. The van der Waals surface area contributed by atoms with Gasteiger partial charge in [-0.25, -0.2) is 0 Å². The Morgan fingerprint density at radius 2 is 1.59 bits per heavy atom. The van der Waals surface area contributed by atoms with Crippen molar-refractivity contribution in [2.24, 2.45) is 11.7 Å². The van der Waals surface area contributed by atoms with E-state index in [9.17, 15) is 4.79 Å². The summed E-state index contributed by atoms with van der Waals surface area (Å²) in [5.74, 6) is -0.240. The molecule has 184 valence electrons. The number of amides is 1. The molecule has 1 amide bonds. The van der Waals surface area contributed by atoms with Crippen molar-refractivity contribution in [2.75, 3.05) is 54.5 Å². The zero-order valence-electron chi connectivity index (χ0n) is 20.1. The number of aryl methyl sites for hydroxylation is 2. The molecule has 34 heavy (non-hydrogen) atoms. The number of morpholine rings is 1. The summed E-state index contributed by atoms with van der Waals surface area (Å²) >= 11 is 1.87. The van der Waals surface area contributed by atoms with Gasteiger partial charge in [-0.15, -0.1) is 24.0 Å². The maximum Gasteiger partial charge on any atom is 0.222 e. The molecule has 2 fully saturated rings. The molecule has 0 aliphatic carbocycles. The van der Waals surface area contributed by atoms with E-state index in [1.807, 2.05) is 11.8 Å². The molecule has 0 aromatic heterocycles. The van der Waals surface area contributed by atoms with E-state index in [4.69, 9.17) is 10.5 Å². The average molecular weight is 595 g/mol. The van der Waals surface area contributed by atoms with Crippen LogP contribution in [0.25, 0.3) is 0 Å². The van der Waals surface area contributed by atoms with Crippen LogP contribution in [0.1, 0.15) is 37.8 Å². The van der Waals surface area contributed by atoms with Crippen LogP contribution in [-0.2, 0) is 22.4 Å². The van der Waals surface area contributed by atoms with Gasteiger partial charge in [-0.1, -0.05) is 25.6 Å². The van der Waals surface area contributed by atoms with Gasteiger partial charge in [-0.05, 0) is 61.1 Å². The lowest BCUT2D eigenvalue weighted by atomic mass is 9.96. The molecule has 2 aromatic rings. The van der Waals surface area contributed by atoms with Crippen LogP contribution in [-0.4, -0.2) is 45.3 Å². The van der Waals surface area contributed by atoms with Crippen LogP contribution >= 0.6 is 35.7 Å². The van der Waals surface area contributed by atoms with Gasteiger partial charge in [0.25, 0.3) is 0 Å². The molecule has 3 aliphatic heterocycles. The third kappa shape index (κ3) is 4.99. The van der Waals surface area contributed by atoms with Crippen LogP contribution in [0.5, 0.6) is 0 Å². The third-order valence-corrected chi connectivity index (χ3v) is 8.22. The molecule has 2 saturated heterocycles. The van der Waals surface area contributed by atoms with Gasteiger partial charge >= 0.3 is 0 Å². The fourth-order valence-corrected chi connectivity index (χ4v) is 6.36. The Morgan fingerprint density at radius 3 is 2.15 bits per heavy atom. The monoisotopic (exact) mass is 594 g/mol. The van der Waals surface area contributed by atoms with E-state index >= 15 is 0 Å². The molecular formula is C26H35IN4O2S. The summed E-state index contributed by atoms with van der Waals surface area (Å²) in [6.07, 6.45) is 3.85. The number of nitrogens with two attached hydrogens (primary N) is 1. The lowest BCUT2D eigenvalue weighted by molar-refractivity contribution is -0.122. The first-order chi connectivity index (χ1) is 16.1. The predicted octanol–water partition coefficient (Wildman–Crippen LogP) is 5.18. The highest BCUT2D eigenvalue weighted by Gasteiger charge is 2.27. The number of carbonyl (C=O) groups excluding carboxylic acids is 1. The molecular weight excluding hydrogens is 559 g/mol. The second kappa shape index (κ2) is 11.0. The highest BCUT2D eigenvalue weighted by atomic mass is 127. The molecule has 2 aromatic carbocycles. The number of anilines is 4. The summed E-state index contributed by atoms with van der Waals surface area (Å²) in [5, 5.41) is 3.81. The summed E-state index contributed by atoms with van der Waals surface area (Å²) in [5.41, 5.74) is 13.3. The van der Waals surface area contributed by atoms with Crippen molar-refractivity contribution in [3.8, 4) is 0 Å². The Morgan fingerprint density at radius 1 is 1.00 bits per heavy atom. The van der Waals surface area contributed by atoms with Gasteiger partial charge in [0.05, 0.1) is 30.5 Å². The van der Waals surface area contributed by atoms with Crippen LogP contribution in [0.15, 0.2) is 34.1 Å². The number of carbonyl (C=O) groups is 1. The van der Waals surface area contributed by atoms with Crippen molar-refractivity contribution in [2.45, 2.75) is 49.3 Å². The number of piperidine rings is 1. The second-order valence-electron chi connectivity index (χ2n) is 9.18. The quantitative estimate of drug-likeness (QED) is 0.397. The SMILES string of the molecule is CCc1cc(N2CCOCC2)cc2c1Nc1c(CC)cc(N3CCCC(C(N)=O)C3)cc1S2.I. The summed E-state index contributed by atoms with van der Waals surface area (Å²) < 4.78 is 5.56. The highest BCUT2D eigenvalue weighted by Crippen LogP contribution is 2.50. The van der Waals surface area contributed by atoms with Crippen molar-refractivity contribution in [3.05, 3.63) is 35.4 Å². The Balaban J connectivity index is 0.00000274. The van der Waals surface area contributed by atoms with E-state index in [0.29, 0.717) is 6.54 Å². The summed E-state index contributed by atoms with van der Waals surface area (Å²) in [7, 11) is 0. The number of ether oxygens (including phenoxy) is 1. The highest BCUT2D eigenvalue weighted by molar-refractivity contribution is 14.0. The normalized spacial score (nSPS) is 19.5. The number of halogens is 1. The average Bonchev–Trinajstić information content (AvgIpc) is 2.86. The zero-order valence-corrected chi connectivity index (χ0v) is 23.2. The molecule has 0 bridgehead atoms. The molecule has 6 nitrogen and oxygen atoms in total. The molecule has 0 spiro atoms. The molecule has 1 unspecified atom stereocenters. The largest absolute Gasteiger partial charge is 0.378 e. The van der Waals surface area contributed by atoms with Crippen LogP contribution in [0, 0.1) is 5.92 Å². The van der Waals surface area contributed by atoms with Gasteiger partial charge in [0.2, 0.25) is 5.91 Å². The minimum Gasteiger partial charge on any atom is -0.378 e. The number of fused-ring (bicyclic) bond motifs is 2. The van der Waals surface area contributed by atoms with Crippen molar-refractivity contribution in [3.63, 3.8) is 0 Å². The molecule has 5 rings (SSSR count). The van der Waals surface area contributed by atoms with E-state index in [1.165, 1.54) is 43.7 Å². The number of hydrogen-bond donors (Lipinski definition) is 2. The zero-order chi connectivity index (χ0) is 22.9. The maximum atomic E-state index is 11.8. The van der Waals surface area contributed by atoms with Crippen molar-refractivity contribution in [1.29, 1.82) is 0 Å². The maximum absolute atomic E-state index is 11.8.